The molecule has 0 spiro atoms. The number of hydrogen-bond donors (Lipinski definition) is 1. The van der Waals surface area contributed by atoms with Crippen LogP contribution in [-0.4, -0.2) is 29.7 Å². The van der Waals surface area contributed by atoms with Gasteiger partial charge >= 0.3 is 5.97 Å². The van der Waals surface area contributed by atoms with Crippen LogP contribution < -0.4 is 4.74 Å². The van der Waals surface area contributed by atoms with E-state index >= 15 is 0 Å². The van der Waals surface area contributed by atoms with E-state index in [-0.39, 0.29) is 5.97 Å². The largest absolute Gasteiger partial charge is 0.497 e. The third-order valence-corrected chi connectivity index (χ3v) is 5.41. The lowest BCUT2D eigenvalue weighted by molar-refractivity contribution is 0.0525. The van der Waals surface area contributed by atoms with Crippen LogP contribution in [0.25, 0.3) is 22.2 Å². The first-order valence-corrected chi connectivity index (χ1v) is 9.93. The summed E-state index contributed by atoms with van der Waals surface area (Å²) in [6.07, 6.45) is 0.618. The summed E-state index contributed by atoms with van der Waals surface area (Å²) in [4.78, 5) is 20.0. The maximum Gasteiger partial charge on any atom is 0.367 e. The van der Waals surface area contributed by atoms with Crippen LogP contribution >= 0.6 is 11.3 Å². The van der Waals surface area contributed by atoms with Crippen molar-refractivity contribution in [3.05, 3.63) is 70.2 Å². The molecular formula is C22H20N2O3S. The molecule has 0 amide bonds. The zero-order valence-corrected chi connectivity index (χ0v) is 16.5. The third kappa shape index (κ3) is 3.51. The quantitative estimate of drug-likeness (QED) is 0.466. The fourth-order valence-electron chi connectivity index (χ4n) is 3.25. The molecule has 1 N–H and O–H groups in total. The summed E-state index contributed by atoms with van der Waals surface area (Å²) in [5, 5.41) is 3.42. The predicted octanol–water partition coefficient (Wildman–Crippen LogP) is 5.07. The average Bonchev–Trinajstić information content (AvgIpc) is 3.34. The summed E-state index contributed by atoms with van der Waals surface area (Å²) in [6.45, 7) is 2.13. The molecule has 28 heavy (non-hydrogen) atoms. The highest BCUT2D eigenvalue weighted by atomic mass is 32.1. The number of esters is 1. The van der Waals surface area contributed by atoms with Gasteiger partial charge in [-0.1, -0.05) is 30.3 Å². The van der Waals surface area contributed by atoms with Gasteiger partial charge in [0.2, 0.25) is 5.01 Å². The van der Waals surface area contributed by atoms with Crippen LogP contribution in [0.4, 0.5) is 0 Å². The molecule has 0 saturated carbocycles. The van der Waals surface area contributed by atoms with Crippen molar-refractivity contribution in [1.82, 2.24) is 9.97 Å². The Morgan fingerprint density at radius 1 is 1.18 bits per heavy atom. The molecule has 0 aliphatic rings. The molecule has 0 aliphatic carbocycles. The minimum atomic E-state index is -0.370. The van der Waals surface area contributed by atoms with Crippen LogP contribution in [0.1, 0.15) is 28.0 Å². The number of rotatable bonds is 6. The van der Waals surface area contributed by atoms with Crippen LogP contribution in [0.5, 0.6) is 5.75 Å². The Kier molecular flexibility index (Phi) is 5.12. The van der Waals surface area contributed by atoms with Gasteiger partial charge in [0.15, 0.2) is 0 Å². The minimum absolute atomic E-state index is 0.343. The molecule has 6 heteroatoms. The van der Waals surface area contributed by atoms with E-state index in [1.807, 2.05) is 35.7 Å². The van der Waals surface area contributed by atoms with E-state index in [9.17, 15) is 4.79 Å². The van der Waals surface area contributed by atoms with Gasteiger partial charge in [0.25, 0.3) is 0 Å². The number of fused-ring (bicyclic) bond motifs is 1. The van der Waals surface area contributed by atoms with Crippen molar-refractivity contribution in [2.24, 2.45) is 0 Å². The molecule has 4 rings (SSSR count). The first-order chi connectivity index (χ1) is 13.7. The number of carbonyl (C=O) groups is 1. The molecule has 2 aromatic heterocycles. The summed E-state index contributed by atoms with van der Waals surface area (Å²) in [5.41, 5.74) is 5.16. The van der Waals surface area contributed by atoms with Crippen molar-refractivity contribution in [2.75, 3.05) is 13.7 Å². The van der Waals surface area contributed by atoms with Gasteiger partial charge in [0.1, 0.15) is 5.75 Å². The molecule has 0 unspecified atom stereocenters. The van der Waals surface area contributed by atoms with E-state index in [1.54, 1.807) is 14.0 Å². The third-order valence-electron chi connectivity index (χ3n) is 4.54. The van der Waals surface area contributed by atoms with E-state index < -0.39 is 0 Å². The van der Waals surface area contributed by atoms with Crippen LogP contribution in [0.15, 0.2) is 53.9 Å². The number of ether oxygens (including phenoxy) is 2. The highest BCUT2D eigenvalue weighted by Crippen LogP contribution is 2.34. The summed E-state index contributed by atoms with van der Waals surface area (Å²) in [5.74, 6) is 0.434. The van der Waals surface area contributed by atoms with Gasteiger partial charge in [-0.25, -0.2) is 9.78 Å². The number of aromatic amines is 1. The number of methoxy groups -OCH3 is 1. The Morgan fingerprint density at radius 2 is 2.00 bits per heavy atom. The Morgan fingerprint density at radius 3 is 2.75 bits per heavy atom. The van der Waals surface area contributed by atoms with Crippen LogP contribution in [0.3, 0.4) is 0 Å². The van der Waals surface area contributed by atoms with Gasteiger partial charge in [-0.3, -0.25) is 0 Å². The molecule has 0 radical (unpaired) electrons. The number of aromatic nitrogens is 2. The first-order valence-electron chi connectivity index (χ1n) is 9.05. The Labute approximate surface area is 167 Å². The van der Waals surface area contributed by atoms with Crippen molar-refractivity contribution in [2.45, 2.75) is 13.3 Å². The molecule has 0 bridgehead atoms. The van der Waals surface area contributed by atoms with E-state index in [2.05, 4.69) is 28.2 Å². The van der Waals surface area contributed by atoms with Crippen LogP contribution in [0.2, 0.25) is 0 Å². The van der Waals surface area contributed by atoms with Gasteiger partial charge in [-0.2, -0.15) is 0 Å². The molecule has 142 valence electrons. The maximum atomic E-state index is 11.9. The number of hydrogen-bond acceptors (Lipinski definition) is 5. The lowest BCUT2D eigenvalue weighted by Gasteiger charge is -2.04. The summed E-state index contributed by atoms with van der Waals surface area (Å²) < 4.78 is 10.4. The van der Waals surface area contributed by atoms with Crippen molar-refractivity contribution >= 4 is 28.2 Å². The molecule has 2 heterocycles. The fraction of sp³-hybridized carbons (Fsp3) is 0.182. The second kappa shape index (κ2) is 7.86. The van der Waals surface area contributed by atoms with E-state index in [1.165, 1.54) is 11.3 Å². The lowest BCUT2D eigenvalue weighted by atomic mass is 10.0. The van der Waals surface area contributed by atoms with Crippen molar-refractivity contribution in [1.29, 1.82) is 0 Å². The van der Waals surface area contributed by atoms with Gasteiger partial charge in [-0.05, 0) is 30.2 Å². The molecule has 4 aromatic rings. The summed E-state index contributed by atoms with van der Waals surface area (Å²) in [6, 6.07) is 16.2. The lowest BCUT2D eigenvalue weighted by Crippen LogP contribution is -2.04. The fourth-order valence-corrected chi connectivity index (χ4v) is 3.96. The number of nitrogens with zero attached hydrogens (tertiary/aromatic N) is 1. The Bertz CT molecular complexity index is 1120. The molecule has 5 nitrogen and oxygen atoms in total. The second-order valence-electron chi connectivity index (χ2n) is 6.30. The number of nitrogens with one attached hydrogen (secondary N) is 1. The zero-order valence-electron chi connectivity index (χ0n) is 15.7. The Hall–Kier alpha value is -3.12. The molecule has 0 aliphatic heterocycles. The molecule has 0 atom stereocenters. The summed E-state index contributed by atoms with van der Waals surface area (Å²) in [7, 11) is 1.66. The monoisotopic (exact) mass is 392 g/mol. The van der Waals surface area contributed by atoms with Crippen molar-refractivity contribution in [3.63, 3.8) is 0 Å². The smallest absolute Gasteiger partial charge is 0.367 e. The number of thiazole rings is 1. The number of benzene rings is 2. The SMILES string of the molecule is CCOC(=O)c1nc(Cc2c(-c3ccccc3)[nH]c3cc(OC)ccc23)cs1. The molecule has 2 aromatic carbocycles. The predicted molar refractivity (Wildman–Crippen MR) is 111 cm³/mol. The van der Waals surface area contributed by atoms with E-state index in [0.29, 0.717) is 18.0 Å². The highest BCUT2D eigenvalue weighted by Gasteiger charge is 2.17. The Balaban J connectivity index is 1.77. The normalized spacial score (nSPS) is 10.9. The van der Waals surface area contributed by atoms with E-state index in [0.717, 1.165) is 39.2 Å². The molecule has 0 saturated heterocycles. The topological polar surface area (TPSA) is 64.2 Å². The van der Waals surface area contributed by atoms with Crippen LogP contribution in [-0.2, 0) is 11.2 Å². The zero-order chi connectivity index (χ0) is 19.5. The minimum Gasteiger partial charge on any atom is -0.497 e. The maximum absolute atomic E-state index is 11.9. The highest BCUT2D eigenvalue weighted by molar-refractivity contribution is 7.11. The van der Waals surface area contributed by atoms with Crippen LogP contribution in [0, 0.1) is 0 Å². The first kappa shape index (κ1) is 18.3. The van der Waals surface area contributed by atoms with Crippen molar-refractivity contribution in [3.8, 4) is 17.0 Å². The van der Waals surface area contributed by atoms with Gasteiger partial charge in [0.05, 0.1) is 25.1 Å². The number of carbonyl (C=O) groups excluding carboxylic acids is 1. The van der Waals surface area contributed by atoms with Gasteiger partial charge in [0, 0.05) is 28.8 Å². The van der Waals surface area contributed by atoms with E-state index in [4.69, 9.17) is 9.47 Å². The van der Waals surface area contributed by atoms with Crippen molar-refractivity contribution < 1.29 is 14.3 Å². The molecule has 0 fully saturated rings. The van der Waals surface area contributed by atoms with Gasteiger partial charge in [-0.15, -0.1) is 11.3 Å². The number of H-pyrrole nitrogens is 1. The molecular weight excluding hydrogens is 372 g/mol. The average molecular weight is 392 g/mol. The van der Waals surface area contributed by atoms with Gasteiger partial charge < -0.3 is 14.5 Å². The second-order valence-corrected chi connectivity index (χ2v) is 7.16. The summed E-state index contributed by atoms with van der Waals surface area (Å²) >= 11 is 1.32. The standard InChI is InChI=1S/C22H20N2O3S/c1-3-27-22(25)21-23-15(13-28-21)11-18-17-10-9-16(26-2)12-19(17)24-20(18)14-7-5-4-6-8-14/h4-10,12-13,24H,3,11H2,1-2H3.